The maximum Gasteiger partial charge on any atom is 0.326 e. The molecule has 0 bridgehead atoms. The molecule has 1 aliphatic rings. The Morgan fingerprint density at radius 1 is 1.36 bits per heavy atom. The van der Waals surface area contributed by atoms with Gasteiger partial charge in [-0.15, -0.1) is 11.8 Å². The van der Waals surface area contributed by atoms with E-state index >= 15 is 0 Å². The number of hydrogen-bond donors (Lipinski definition) is 2. The van der Waals surface area contributed by atoms with Gasteiger partial charge in [0.05, 0.1) is 12.4 Å². The molecule has 0 radical (unpaired) electrons. The zero-order valence-electron chi connectivity index (χ0n) is 12.7. The average molecular weight is 323 g/mol. The number of amides is 1. The molecular weight excluding hydrogens is 302 g/mol. The van der Waals surface area contributed by atoms with Crippen LogP contribution in [-0.4, -0.2) is 35.4 Å². The first-order chi connectivity index (χ1) is 10.5. The number of carbonyl (C=O) groups excluding carboxylic acids is 1. The Balaban J connectivity index is 1.87. The number of aliphatic carboxylic acids is 1. The van der Waals surface area contributed by atoms with Crippen molar-refractivity contribution in [3.8, 4) is 5.75 Å². The molecule has 1 aromatic rings. The predicted molar refractivity (Wildman–Crippen MR) is 85.2 cm³/mol. The minimum absolute atomic E-state index is 0.242. The Labute approximate surface area is 134 Å². The van der Waals surface area contributed by atoms with E-state index in [1.165, 1.54) is 11.8 Å². The number of hydrogen-bond acceptors (Lipinski definition) is 4. The third-order valence-corrected chi connectivity index (χ3v) is 4.73. The quantitative estimate of drug-likeness (QED) is 0.719. The number of nitrogens with one attached hydrogen (secondary N) is 1. The van der Waals surface area contributed by atoms with Gasteiger partial charge in [0.1, 0.15) is 11.8 Å². The molecule has 2 atom stereocenters. The Morgan fingerprint density at radius 2 is 2.00 bits per heavy atom. The van der Waals surface area contributed by atoms with E-state index in [0.717, 1.165) is 23.5 Å². The standard InChI is InChI=1S/C16H21NO4S/c1-10(22-13-7-5-12(21-2)6-8-13)15(18)17-14(16(19)20)9-11-3-4-11/h5-8,10-11,14H,3-4,9H2,1-2H3,(H,17,18)(H,19,20). The lowest BCUT2D eigenvalue weighted by atomic mass is 10.1. The van der Waals surface area contributed by atoms with Crippen molar-refractivity contribution in [3.63, 3.8) is 0 Å². The number of thioether (sulfide) groups is 1. The average Bonchev–Trinajstić information content (AvgIpc) is 3.31. The number of ether oxygens (including phenoxy) is 1. The lowest BCUT2D eigenvalue weighted by molar-refractivity contribution is -0.142. The van der Waals surface area contributed by atoms with E-state index in [2.05, 4.69) is 5.32 Å². The van der Waals surface area contributed by atoms with E-state index in [9.17, 15) is 14.7 Å². The lowest BCUT2D eigenvalue weighted by Crippen LogP contribution is -2.44. The van der Waals surface area contributed by atoms with Gasteiger partial charge in [0.2, 0.25) is 5.91 Å². The Kier molecular flexibility index (Phi) is 5.71. The monoisotopic (exact) mass is 323 g/mol. The van der Waals surface area contributed by atoms with Gasteiger partial charge >= 0.3 is 5.97 Å². The van der Waals surface area contributed by atoms with Gasteiger partial charge in [-0.25, -0.2) is 4.79 Å². The van der Waals surface area contributed by atoms with Crippen LogP contribution >= 0.6 is 11.8 Å². The third-order valence-electron chi connectivity index (χ3n) is 3.62. The number of methoxy groups -OCH3 is 1. The Bertz CT molecular complexity index is 527. The van der Waals surface area contributed by atoms with E-state index in [0.29, 0.717) is 12.3 Å². The maximum absolute atomic E-state index is 12.2. The Morgan fingerprint density at radius 3 is 2.50 bits per heavy atom. The zero-order chi connectivity index (χ0) is 16.1. The van der Waals surface area contributed by atoms with Crippen LogP contribution in [0.15, 0.2) is 29.2 Å². The number of carbonyl (C=O) groups is 2. The van der Waals surface area contributed by atoms with Gasteiger partial charge in [-0.2, -0.15) is 0 Å². The molecule has 0 saturated heterocycles. The molecule has 1 saturated carbocycles. The summed E-state index contributed by atoms with van der Waals surface area (Å²) in [5.41, 5.74) is 0. The van der Waals surface area contributed by atoms with Crippen molar-refractivity contribution in [1.82, 2.24) is 5.32 Å². The molecule has 1 aromatic carbocycles. The first-order valence-electron chi connectivity index (χ1n) is 7.33. The molecule has 2 rings (SSSR count). The van der Waals surface area contributed by atoms with Crippen molar-refractivity contribution < 1.29 is 19.4 Å². The van der Waals surface area contributed by atoms with Crippen LogP contribution in [0.25, 0.3) is 0 Å². The molecule has 2 N–H and O–H groups in total. The fourth-order valence-corrected chi connectivity index (χ4v) is 2.99. The summed E-state index contributed by atoms with van der Waals surface area (Å²) in [6, 6.07) is 6.65. The predicted octanol–water partition coefficient (Wildman–Crippen LogP) is 2.55. The van der Waals surface area contributed by atoms with Gasteiger partial charge in [0.25, 0.3) is 0 Å². The van der Waals surface area contributed by atoms with Crippen LogP contribution in [-0.2, 0) is 9.59 Å². The summed E-state index contributed by atoms with van der Waals surface area (Å²) in [6.07, 6.45) is 2.66. The van der Waals surface area contributed by atoms with Gasteiger partial charge in [-0.3, -0.25) is 4.79 Å². The molecule has 0 heterocycles. The van der Waals surface area contributed by atoms with E-state index in [4.69, 9.17) is 4.74 Å². The minimum atomic E-state index is -0.957. The molecule has 5 nitrogen and oxygen atoms in total. The maximum atomic E-state index is 12.2. The number of benzene rings is 1. The van der Waals surface area contributed by atoms with Crippen molar-refractivity contribution >= 4 is 23.6 Å². The van der Waals surface area contributed by atoms with E-state index in [1.54, 1.807) is 14.0 Å². The molecule has 0 aliphatic heterocycles. The second-order valence-corrected chi connectivity index (χ2v) is 6.93. The summed E-state index contributed by atoms with van der Waals surface area (Å²) >= 11 is 1.40. The van der Waals surface area contributed by atoms with Crippen LogP contribution in [0, 0.1) is 5.92 Å². The highest BCUT2D eigenvalue weighted by Gasteiger charge is 2.31. The highest BCUT2D eigenvalue weighted by molar-refractivity contribution is 8.00. The molecule has 2 unspecified atom stereocenters. The second kappa shape index (κ2) is 7.54. The minimum Gasteiger partial charge on any atom is -0.497 e. The summed E-state index contributed by atoms with van der Waals surface area (Å²) in [7, 11) is 1.60. The smallest absolute Gasteiger partial charge is 0.326 e. The normalized spacial score (nSPS) is 16.6. The summed E-state index contributed by atoms with van der Waals surface area (Å²) in [6.45, 7) is 1.78. The van der Waals surface area contributed by atoms with Crippen LogP contribution in [0.1, 0.15) is 26.2 Å². The first-order valence-corrected chi connectivity index (χ1v) is 8.21. The zero-order valence-corrected chi connectivity index (χ0v) is 13.6. The molecule has 1 aliphatic carbocycles. The topological polar surface area (TPSA) is 75.6 Å². The van der Waals surface area contributed by atoms with Crippen molar-refractivity contribution in [2.24, 2.45) is 5.92 Å². The molecule has 6 heteroatoms. The molecule has 0 aromatic heterocycles. The first kappa shape index (κ1) is 16.7. The van der Waals surface area contributed by atoms with Crippen LogP contribution < -0.4 is 10.1 Å². The number of carboxylic acids is 1. The summed E-state index contributed by atoms with van der Waals surface area (Å²) in [5.74, 6) is 0.0125. The highest BCUT2D eigenvalue weighted by atomic mass is 32.2. The van der Waals surface area contributed by atoms with Crippen molar-refractivity contribution in [1.29, 1.82) is 0 Å². The van der Waals surface area contributed by atoms with Crippen molar-refractivity contribution in [2.45, 2.75) is 42.4 Å². The second-order valence-electron chi connectivity index (χ2n) is 5.51. The van der Waals surface area contributed by atoms with Crippen LogP contribution in [0.3, 0.4) is 0 Å². The van der Waals surface area contributed by atoms with Gasteiger partial charge in [-0.05, 0) is 43.5 Å². The SMILES string of the molecule is COc1ccc(SC(C)C(=O)NC(CC2CC2)C(=O)O)cc1. The Hall–Kier alpha value is -1.69. The number of carboxylic acid groups (broad SMARTS) is 1. The molecular formula is C16H21NO4S. The van der Waals surface area contributed by atoms with E-state index in [1.807, 2.05) is 24.3 Å². The fraction of sp³-hybridized carbons (Fsp3) is 0.500. The van der Waals surface area contributed by atoms with Crippen LogP contribution in [0.4, 0.5) is 0 Å². The molecule has 1 fully saturated rings. The fourth-order valence-electron chi connectivity index (χ4n) is 2.11. The summed E-state index contributed by atoms with van der Waals surface area (Å²) < 4.78 is 5.09. The van der Waals surface area contributed by atoms with E-state index in [-0.39, 0.29) is 11.2 Å². The van der Waals surface area contributed by atoms with Crippen LogP contribution in [0.5, 0.6) is 5.75 Å². The van der Waals surface area contributed by atoms with Gasteiger partial charge in [-0.1, -0.05) is 12.8 Å². The van der Waals surface area contributed by atoms with Crippen molar-refractivity contribution in [3.05, 3.63) is 24.3 Å². The molecule has 0 spiro atoms. The summed E-state index contributed by atoms with van der Waals surface area (Å²) in [4.78, 5) is 24.3. The van der Waals surface area contributed by atoms with Gasteiger partial charge in [0.15, 0.2) is 0 Å². The number of rotatable bonds is 8. The van der Waals surface area contributed by atoms with E-state index < -0.39 is 12.0 Å². The van der Waals surface area contributed by atoms with Crippen molar-refractivity contribution in [2.75, 3.05) is 7.11 Å². The lowest BCUT2D eigenvalue weighted by Gasteiger charge is -2.17. The van der Waals surface area contributed by atoms with Gasteiger partial charge in [0, 0.05) is 4.90 Å². The molecule has 22 heavy (non-hydrogen) atoms. The largest absolute Gasteiger partial charge is 0.497 e. The molecule has 120 valence electrons. The van der Waals surface area contributed by atoms with Crippen LogP contribution in [0.2, 0.25) is 0 Å². The third kappa shape index (κ3) is 4.94. The highest BCUT2D eigenvalue weighted by Crippen LogP contribution is 2.33. The summed E-state index contributed by atoms with van der Waals surface area (Å²) in [5, 5.41) is 11.5. The molecule has 1 amide bonds. The van der Waals surface area contributed by atoms with Gasteiger partial charge < -0.3 is 15.2 Å².